The Balaban J connectivity index is 0.00000300. The topological polar surface area (TPSA) is 73.8 Å². The number of sulfonamides is 1. The smallest absolute Gasteiger partial charge is 0.214 e. The summed E-state index contributed by atoms with van der Waals surface area (Å²) in [7, 11) is -1.34. The van der Waals surface area contributed by atoms with Crippen molar-refractivity contribution in [1.82, 2.24) is 14.9 Å². The second-order valence-corrected chi connectivity index (χ2v) is 9.29. The molecule has 3 rings (SSSR count). The number of hydrogen-bond acceptors (Lipinski definition) is 3. The molecular weight excluding hydrogens is 499 g/mol. The van der Waals surface area contributed by atoms with Crippen LogP contribution in [0.15, 0.2) is 47.5 Å². The van der Waals surface area contributed by atoms with Crippen LogP contribution in [0.3, 0.4) is 0 Å². The van der Waals surface area contributed by atoms with Crippen LogP contribution in [0.2, 0.25) is 0 Å². The van der Waals surface area contributed by atoms with E-state index in [0.29, 0.717) is 26.1 Å². The minimum atomic E-state index is -3.10. The number of piperidine rings is 1. The molecule has 0 aromatic heterocycles. The minimum absolute atomic E-state index is 0. The average Bonchev–Trinajstić information content (AvgIpc) is 2.71. The van der Waals surface area contributed by atoms with E-state index in [0.717, 1.165) is 18.8 Å². The van der Waals surface area contributed by atoms with Crippen molar-refractivity contribution in [2.24, 2.45) is 4.99 Å². The van der Waals surface area contributed by atoms with E-state index in [1.54, 1.807) is 11.4 Å². The molecule has 0 amide bonds. The zero-order valence-corrected chi connectivity index (χ0v) is 20.2. The molecule has 8 heteroatoms. The second kappa shape index (κ2) is 11.1. The Kier molecular flexibility index (Phi) is 9.16. The van der Waals surface area contributed by atoms with Crippen LogP contribution in [0.4, 0.5) is 0 Å². The molecule has 0 bridgehead atoms. The Bertz CT molecular complexity index is 920. The van der Waals surface area contributed by atoms with E-state index >= 15 is 0 Å². The van der Waals surface area contributed by atoms with Gasteiger partial charge in [-0.1, -0.05) is 49.4 Å². The molecule has 0 unspecified atom stereocenters. The number of guanidine groups is 1. The third kappa shape index (κ3) is 6.29. The first kappa shape index (κ1) is 23.9. The van der Waals surface area contributed by atoms with Crippen molar-refractivity contribution < 1.29 is 8.42 Å². The molecule has 1 fully saturated rings. The normalized spacial score (nSPS) is 16.4. The Morgan fingerprint density at radius 1 is 1.14 bits per heavy atom. The van der Waals surface area contributed by atoms with Crippen LogP contribution in [0.5, 0.6) is 0 Å². The van der Waals surface area contributed by atoms with Gasteiger partial charge in [0, 0.05) is 32.7 Å². The number of nitrogens with zero attached hydrogens (tertiary/aromatic N) is 2. The highest BCUT2D eigenvalue weighted by molar-refractivity contribution is 14.0. The largest absolute Gasteiger partial charge is 0.354 e. The van der Waals surface area contributed by atoms with Crippen LogP contribution in [0, 0.1) is 0 Å². The molecule has 0 saturated carbocycles. The zero-order valence-electron chi connectivity index (χ0n) is 17.1. The predicted molar refractivity (Wildman–Crippen MR) is 131 cm³/mol. The Hall–Kier alpha value is -1.39. The molecule has 29 heavy (non-hydrogen) atoms. The van der Waals surface area contributed by atoms with Crippen molar-refractivity contribution in [3.05, 3.63) is 48.0 Å². The lowest BCUT2D eigenvalue weighted by atomic mass is 10.0. The first-order valence-electron chi connectivity index (χ1n) is 9.95. The van der Waals surface area contributed by atoms with Crippen LogP contribution in [-0.4, -0.2) is 50.6 Å². The maximum absolute atomic E-state index is 12.2. The lowest BCUT2D eigenvalue weighted by Gasteiger charge is -2.32. The fourth-order valence-corrected chi connectivity index (χ4v) is 5.22. The van der Waals surface area contributed by atoms with Gasteiger partial charge in [-0.05, 0) is 35.6 Å². The zero-order chi connectivity index (χ0) is 20.0. The molecule has 6 nitrogen and oxygen atoms in total. The Morgan fingerprint density at radius 3 is 2.52 bits per heavy atom. The average molecular weight is 530 g/mol. The number of benzene rings is 2. The fraction of sp³-hybridized carbons (Fsp3) is 0.476. The summed E-state index contributed by atoms with van der Waals surface area (Å²) in [6.07, 6.45) is 2.24. The summed E-state index contributed by atoms with van der Waals surface area (Å²) in [5, 5.41) is 9.30. The van der Waals surface area contributed by atoms with Gasteiger partial charge in [-0.15, -0.1) is 24.0 Å². The number of halogens is 1. The molecule has 2 N–H and O–H groups in total. The molecule has 2 aromatic carbocycles. The van der Waals surface area contributed by atoms with Gasteiger partial charge in [-0.2, -0.15) is 0 Å². The summed E-state index contributed by atoms with van der Waals surface area (Å²) >= 11 is 0. The molecule has 160 valence electrons. The molecule has 0 atom stereocenters. The number of hydrogen-bond donors (Lipinski definition) is 2. The van der Waals surface area contributed by atoms with Crippen LogP contribution in [0.1, 0.15) is 31.7 Å². The van der Waals surface area contributed by atoms with Crippen molar-refractivity contribution in [3.63, 3.8) is 0 Å². The van der Waals surface area contributed by atoms with Gasteiger partial charge < -0.3 is 10.6 Å². The van der Waals surface area contributed by atoms with E-state index in [1.165, 1.54) is 16.3 Å². The monoisotopic (exact) mass is 530 g/mol. The van der Waals surface area contributed by atoms with Crippen molar-refractivity contribution in [2.45, 2.75) is 38.8 Å². The van der Waals surface area contributed by atoms with Gasteiger partial charge in [0.25, 0.3) is 0 Å². The minimum Gasteiger partial charge on any atom is -0.354 e. The van der Waals surface area contributed by atoms with Crippen LogP contribution >= 0.6 is 24.0 Å². The molecule has 0 spiro atoms. The summed E-state index contributed by atoms with van der Waals surface area (Å²) in [4.78, 5) is 4.34. The Labute approximate surface area is 191 Å². The van der Waals surface area contributed by atoms with E-state index < -0.39 is 10.0 Å². The van der Waals surface area contributed by atoms with Crippen molar-refractivity contribution in [3.8, 4) is 0 Å². The number of nitrogens with one attached hydrogen (secondary N) is 2. The number of fused-ring (bicyclic) bond motifs is 1. The van der Waals surface area contributed by atoms with E-state index in [-0.39, 0.29) is 35.8 Å². The molecule has 1 saturated heterocycles. The predicted octanol–water partition coefficient (Wildman–Crippen LogP) is 3.33. The van der Waals surface area contributed by atoms with Crippen molar-refractivity contribution >= 4 is 50.7 Å². The quantitative estimate of drug-likeness (QED) is 0.342. The number of rotatable bonds is 6. The molecule has 1 heterocycles. The standard InChI is InChI=1S/C21H30N4O2S.HI/c1-3-15-28(26,27)25-13-11-19(12-14-25)24-21(22-2)23-16-18-9-6-8-17-7-4-5-10-20(17)18;/h4-10,19H,3,11-16H2,1-2H3,(H2,22,23,24);1H. The summed E-state index contributed by atoms with van der Waals surface area (Å²) in [5.74, 6) is 0.988. The van der Waals surface area contributed by atoms with Crippen LogP contribution in [0.25, 0.3) is 10.8 Å². The van der Waals surface area contributed by atoms with Crippen LogP contribution < -0.4 is 10.6 Å². The van der Waals surface area contributed by atoms with Gasteiger partial charge in [0.2, 0.25) is 10.0 Å². The van der Waals surface area contributed by atoms with Gasteiger partial charge in [-0.25, -0.2) is 12.7 Å². The van der Waals surface area contributed by atoms with E-state index in [2.05, 4.69) is 52.0 Å². The van der Waals surface area contributed by atoms with Gasteiger partial charge in [0.1, 0.15) is 0 Å². The van der Waals surface area contributed by atoms with Crippen molar-refractivity contribution in [2.75, 3.05) is 25.9 Å². The second-order valence-electron chi connectivity index (χ2n) is 7.20. The lowest BCUT2D eigenvalue weighted by Crippen LogP contribution is -2.49. The highest BCUT2D eigenvalue weighted by Gasteiger charge is 2.27. The first-order chi connectivity index (χ1) is 13.5. The molecule has 0 aliphatic carbocycles. The van der Waals surface area contributed by atoms with Crippen molar-refractivity contribution in [1.29, 1.82) is 0 Å². The molecule has 0 radical (unpaired) electrons. The SMILES string of the molecule is CCCS(=O)(=O)N1CCC(NC(=NC)NCc2cccc3ccccc23)CC1.I. The van der Waals surface area contributed by atoms with E-state index in [1.807, 2.05) is 13.0 Å². The third-order valence-electron chi connectivity index (χ3n) is 5.20. The molecule has 1 aliphatic heterocycles. The summed E-state index contributed by atoms with van der Waals surface area (Å²) in [6.45, 7) is 3.73. The maximum atomic E-state index is 12.2. The summed E-state index contributed by atoms with van der Waals surface area (Å²) in [5.41, 5.74) is 1.22. The Morgan fingerprint density at radius 2 is 1.83 bits per heavy atom. The lowest BCUT2D eigenvalue weighted by molar-refractivity contribution is 0.306. The maximum Gasteiger partial charge on any atom is 0.214 e. The third-order valence-corrected chi connectivity index (χ3v) is 7.28. The molecule has 2 aromatic rings. The summed E-state index contributed by atoms with van der Waals surface area (Å²) < 4.78 is 26.0. The van der Waals surface area contributed by atoms with Crippen LogP contribution in [-0.2, 0) is 16.6 Å². The van der Waals surface area contributed by atoms with Gasteiger partial charge in [-0.3, -0.25) is 4.99 Å². The van der Waals surface area contributed by atoms with Gasteiger partial charge >= 0.3 is 0 Å². The summed E-state index contributed by atoms with van der Waals surface area (Å²) in [6, 6.07) is 14.9. The highest BCUT2D eigenvalue weighted by atomic mass is 127. The van der Waals surface area contributed by atoms with E-state index in [4.69, 9.17) is 0 Å². The molecule has 1 aliphatic rings. The van der Waals surface area contributed by atoms with E-state index in [9.17, 15) is 8.42 Å². The first-order valence-corrected chi connectivity index (χ1v) is 11.6. The number of aliphatic imine (C=N–C) groups is 1. The fourth-order valence-electron chi connectivity index (χ4n) is 3.68. The van der Waals surface area contributed by atoms with Gasteiger partial charge in [0.05, 0.1) is 5.75 Å². The highest BCUT2D eigenvalue weighted by Crippen LogP contribution is 2.18. The van der Waals surface area contributed by atoms with Gasteiger partial charge in [0.15, 0.2) is 5.96 Å². The molecular formula is C21H31IN4O2S.